The second kappa shape index (κ2) is 10.1. The van der Waals surface area contributed by atoms with Crippen LogP contribution in [-0.2, 0) is 29.0 Å². The molecule has 0 saturated carbocycles. The van der Waals surface area contributed by atoms with Gasteiger partial charge in [-0.1, -0.05) is 25.1 Å². The zero-order valence-electron chi connectivity index (χ0n) is 17.8. The van der Waals surface area contributed by atoms with E-state index in [1.54, 1.807) is 14.2 Å². The van der Waals surface area contributed by atoms with Gasteiger partial charge in [-0.15, -0.1) is 0 Å². The van der Waals surface area contributed by atoms with Crippen LogP contribution >= 0.6 is 0 Å². The first-order valence-corrected chi connectivity index (χ1v) is 10.1. The summed E-state index contributed by atoms with van der Waals surface area (Å²) in [7, 11) is 3.24. The predicted molar refractivity (Wildman–Crippen MR) is 116 cm³/mol. The molecule has 1 aliphatic rings. The highest BCUT2D eigenvalue weighted by Crippen LogP contribution is 2.33. The fourth-order valence-corrected chi connectivity index (χ4v) is 3.66. The lowest BCUT2D eigenvalue weighted by Gasteiger charge is -2.29. The van der Waals surface area contributed by atoms with E-state index in [0.29, 0.717) is 12.3 Å². The highest BCUT2D eigenvalue weighted by Gasteiger charge is 2.21. The molecule has 2 aromatic carbocycles. The van der Waals surface area contributed by atoms with E-state index < -0.39 is 0 Å². The Hall–Kier alpha value is -3.06. The van der Waals surface area contributed by atoms with Crippen molar-refractivity contribution in [3.8, 4) is 11.5 Å². The molecule has 2 amide bonds. The average molecular weight is 412 g/mol. The molecule has 0 atom stereocenters. The van der Waals surface area contributed by atoms with Gasteiger partial charge in [-0.3, -0.25) is 14.5 Å². The topological polar surface area (TPSA) is 79.9 Å². The Bertz CT molecular complexity index is 913. The van der Waals surface area contributed by atoms with Crippen LogP contribution in [-0.4, -0.2) is 50.6 Å². The summed E-state index contributed by atoms with van der Waals surface area (Å²) < 4.78 is 10.7. The summed E-state index contributed by atoms with van der Waals surface area (Å²) in [5.74, 6) is 1.01. The molecule has 2 N–H and O–H groups in total. The molecular weight excluding hydrogens is 382 g/mol. The number of benzene rings is 2. The van der Waals surface area contributed by atoms with Gasteiger partial charge in [-0.25, -0.2) is 0 Å². The van der Waals surface area contributed by atoms with Crippen molar-refractivity contribution in [1.29, 1.82) is 0 Å². The molecule has 7 nitrogen and oxygen atoms in total. The van der Waals surface area contributed by atoms with E-state index in [1.165, 1.54) is 5.56 Å². The first-order valence-electron chi connectivity index (χ1n) is 10.1. The third-order valence-corrected chi connectivity index (χ3v) is 5.28. The number of methoxy groups -OCH3 is 2. The Morgan fingerprint density at radius 1 is 1.03 bits per heavy atom. The number of ether oxygens (including phenoxy) is 2. The largest absolute Gasteiger partial charge is 0.493 e. The van der Waals surface area contributed by atoms with Gasteiger partial charge in [0.05, 0.1) is 27.3 Å². The number of anilines is 1. The van der Waals surface area contributed by atoms with Crippen LogP contribution in [0.25, 0.3) is 0 Å². The van der Waals surface area contributed by atoms with Gasteiger partial charge in [0.15, 0.2) is 11.5 Å². The molecule has 0 saturated heterocycles. The molecule has 2 aromatic rings. The SMILES string of the molecule is CCc1ccccc1NC(=O)CNC(=O)CN1CCc2cc(OC)c(OC)cc2C1. The van der Waals surface area contributed by atoms with Crippen LogP contribution in [0.3, 0.4) is 0 Å². The van der Waals surface area contributed by atoms with E-state index in [1.807, 2.05) is 43.3 Å². The highest BCUT2D eigenvalue weighted by molar-refractivity contribution is 5.95. The highest BCUT2D eigenvalue weighted by atomic mass is 16.5. The maximum atomic E-state index is 12.3. The maximum Gasteiger partial charge on any atom is 0.243 e. The molecule has 0 radical (unpaired) electrons. The fourth-order valence-electron chi connectivity index (χ4n) is 3.66. The predicted octanol–water partition coefficient (Wildman–Crippen LogP) is 2.38. The van der Waals surface area contributed by atoms with Gasteiger partial charge in [-0.2, -0.15) is 0 Å². The van der Waals surface area contributed by atoms with Gasteiger partial charge < -0.3 is 20.1 Å². The number of fused-ring (bicyclic) bond motifs is 1. The minimum Gasteiger partial charge on any atom is -0.493 e. The smallest absolute Gasteiger partial charge is 0.243 e. The van der Waals surface area contributed by atoms with Crippen LogP contribution < -0.4 is 20.1 Å². The lowest BCUT2D eigenvalue weighted by atomic mass is 9.99. The molecule has 0 unspecified atom stereocenters. The van der Waals surface area contributed by atoms with Gasteiger partial charge in [0.2, 0.25) is 11.8 Å². The van der Waals surface area contributed by atoms with Crippen molar-refractivity contribution < 1.29 is 19.1 Å². The standard InChI is InChI=1S/C23H29N3O4/c1-4-16-7-5-6-8-19(16)25-22(27)13-24-23(28)15-26-10-9-17-11-20(29-2)21(30-3)12-18(17)14-26/h5-8,11-12H,4,9-10,13-15H2,1-3H3,(H,24,28)(H,25,27). The molecular formula is C23H29N3O4. The van der Waals surface area contributed by atoms with E-state index in [-0.39, 0.29) is 24.9 Å². The van der Waals surface area contributed by atoms with Crippen LogP contribution in [0.2, 0.25) is 0 Å². The van der Waals surface area contributed by atoms with Crippen molar-refractivity contribution in [3.05, 3.63) is 53.1 Å². The second-order valence-electron chi connectivity index (χ2n) is 7.27. The van der Waals surface area contributed by atoms with Crippen molar-refractivity contribution >= 4 is 17.5 Å². The van der Waals surface area contributed by atoms with Crippen LogP contribution in [0.4, 0.5) is 5.69 Å². The number of rotatable bonds is 8. The van der Waals surface area contributed by atoms with Crippen molar-refractivity contribution in [2.45, 2.75) is 26.3 Å². The maximum absolute atomic E-state index is 12.3. The van der Waals surface area contributed by atoms with Crippen molar-refractivity contribution in [1.82, 2.24) is 10.2 Å². The number of aryl methyl sites for hydroxylation is 1. The summed E-state index contributed by atoms with van der Waals surface area (Å²) in [5.41, 5.74) is 4.19. The lowest BCUT2D eigenvalue weighted by Crippen LogP contribution is -2.42. The molecule has 0 spiro atoms. The van der Waals surface area contributed by atoms with Gasteiger partial charge in [-0.05, 0) is 47.7 Å². The molecule has 1 aliphatic heterocycles. The van der Waals surface area contributed by atoms with Crippen LogP contribution in [0.15, 0.2) is 36.4 Å². The molecule has 7 heteroatoms. The number of carbonyl (C=O) groups is 2. The fraction of sp³-hybridized carbons (Fsp3) is 0.391. The quantitative estimate of drug-likeness (QED) is 0.697. The Balaban J connectivity index is 1.50. The summed E-state index contributed by atoms with van der Waals surface area (Å²) in [6, 6.07) is 11.6. The Morgan fingerprint density at radius 3 is 2.43 bits per heavy atom. The van der Waals surface area contributed by atoms with E-state index >= 15 is 0 Å². The zero-order valence-corrected chi connectivity index (χ0v) is 17.8. The zero-order chi connectivity index (χ0) is 21.5. The molecule has 0 aliphatic carbocycles. The van der Waals surface area contributed by atoms with Gasteiger partial charge >= 0.3 is 0 Å². The number of para-hydroxylation sites is 1. The van der Waals surface area contributed by atoms with Crippen molar-refractivity contribution in [2.24, 2.45) is 0 Å². The molecule has 0 bridgehead atoms. The summed E-state index contributed by atoms with van der Waals surface area (Å²) in [6.07, 6.45) is 1.66. The molecule has 0 aromatic heterocycles. The number of carbonyl (C=O) groups excluding carboxylic acids is 2. The van der Waals surface area contributed by atoms with Crippen LogP contribution in [0, 0.1) is 0 Å². The lowest BCUT2D eigenvalue weighted by molar-refractivity contribution is -0.125. The van der Waals surface area contributed by atoms with E-state index in [9.17, 15) is 9.59 Å². The average Bonchev–Trinajstić information content (AvgIpc) is 2.77. The molecule has 1 heterocycles. The number of nitrogens with one attached hydrogen (secondary N) is 2. The summed E-state index contributed by atoms with van der Waals surface area (Å²) in [6.45, 7) is 3.65. The number of amides is 2. The Labute approximate surface area is 177 Å². The van der Waals surface area contributed by atoms with Crippen molar-refractivity contribution in [2.75, 3.05) is 39.2 Å². The third kappa shape index (κ3) is 5.30. The number of hydrogen-bond acceptors (Lipinski definition) is 5. The number of hydrogen-bond donors (Lipinski definition) is 2. The van der Waals surface area contributed by atoms with Crippen molar-refractivity contribution in [3.63, 3.8) is 0 Å². The van der Waals surface area contributed by atoms with E-state index in [4.69, 9.17) is 9.47 Å². The Kier molecular flexibility index (Phi) is 7.30. The summed E-state index contributed by atoms with van der Waals surface area (Å²) >= 11 is 0. The minimum absolute atomic E-state index is 0.0493. The first-order chi connectivity index (χ1) is 14.5. The normalized spacial score (nSPS) is 13.3. The summed E-state index contributed by atoms with van der Waals surface area (Å²) in [5, 5.41) is 5.58. The van der Waals surface area contributed by atoms with Crippen LogP contribution in [0.1, 0.15) is 23.6 Å². The first kappa shape index (κ1) is 21.6. The summed E-state index contributed by atoms with van der Waals surface area (Å²) in [4.78, 5) is 26.6. The second-order valence-corrected chi connectivity index (χ2v) is 7.27. The van der Waals surface area contributed by atoms with E-state index in [2.05, 4.69) is 15.5 Å². The minimum atomic E-state index is -0.231. The molecule has 160 valence electrons. The molecule has 3 rings (SSSR count). The van der Waals surface area contributed by atoms with Crippen LogP contribution in [0.5, 0.6) is 11.5 Å². The van der Waals surface area contributed by atoms with Gasteiger partial charge in [0.25, 0.3) is 0 Å². The van der Waals surface area contributed by atoms with Gasteiger partial charge in [0, 0.05) is 18.8 Å². The molecule has 30 heavy (non-hydrogen) atoms. The third-order valence-electron chi connectivity index (χ3n) is 5.28. The van der Waals surface area contributed by atoms with E-state index in [0.717, 1.165) is 42.0 Å². The monoisotopic (exact) mass is 411 g/mol. The number of nitrogens with zero attached hydrogens (tertiary/aromatic N) is 1. The Morgan fingerprint density at radius 2 is 1.73 bits per heavy atom. The molecule has 0 fully saturated rings. The van der Waals surface area contributed by atoms with Gasteiger partial charge in [0.1, 0.15) is 0 Å².